The highest BCUT2D eigenvalue weighted by molar-refractivity contribution is 7.89. The van der Waals surface area contributed by atoms with Crippen LogP contribution in [0.4, 0.5) is 0 Å². The number of benzene rings is 2. The Morgan fingerprint density at radius 2 is 1.89 bits per heavy atom. The Morgan fingerprint density at radius 3 is 2.52 bits per heavy atom. The van der Waals surface area contributed by atoms with Gasteiger partial charge in [0, 0.05) is 18.0 Å². The van der Waals surface area contributed by atoms with Gasteiger partial charge in [0.15, 0.2) is 0 Å². The number of rotatable bonds is 9. The van der Waals surface area contributed by atoms with Gasteiger partial charge in [0.25, 0.3) is 0 Å². The van der Waals surface area contributed by atoms with E-state index in [1.54, 1.807) is 24.3 Å². The van der Waals surface area contributed by atoms with Crippen LogP contribution in [0.5, 0.6) is 5.75 Å². The Balaban J connectivity index is 1.84. The molecule has 2 N–H and O–H groups in total. The molecular weight excluding hydrogens is 388 g/mol. The molecule has 0 aromatic heterocycles. The Bertz CT molecular complexity index is 870. The summed E-state index contributed by atoms with van der Waals surface area (Å²) in [4.78, 5) is 12.2. The number of hydrogen-bond acceptors (Lipinski definition) is 4. The van der Waals surface area contributed by atoms with Crippen LogP contribution >= 0.6 is 11.6 Å². The fraction of sp³-hybridized carbons (Fsp3) is 0.316. The highest BCUT2D eigenvalue weighted by Crippen LogP contribution is 2.18. The van der Waals surface area contributed by atoms with Gasteiger partial charge in [-0.2, -0.15) is 0 Å². The standard InChI is InChI=1S/C19H23ClN2O4S/c1-3-26-17-7-9-18(10-8-17)27(24,25)21-12-11-19(23)22-14(2)15-5-4-6-16(20)13-15/h4-10,13-14,21H,3,11-12H2,1-2H3,(H,22,23)/t14-/m1/s1. The Kier molecular flexibility index (Phi) is 7.65. The number of halogens is 1. The number of sulfonamides is 1. The topological polar surface area (TPSA) is 84.5 Å². The maximum Gasteiger partial charge on any atom is 0.240 e. The van der Waals surface area contributed by atoms with Crippen molar-refractivity contribution in [2.45, 2.75) is 31.2 Å². The normalized spacial score (nSPS) is 12.4. The van der Waals surface area contributed by atoms with Crippen molar-refractivity contribution in [3.8, 4) is 5.75 Å². The second-order valence-corrected chi connectivity index (χ2v) is 8.10. The van der Waals surface area contributed by atoms with Crippen molar-refractivity contribution in [1.29, 1.82) is 0 Å². The fourth-order valence-electron chi connectivity index (χ4n) is 2.44. The smallest absolute Gasteiger partial charge is 0.240 e. The summed E-state index contributed by atoms with van der Waals surface area (Å²) in [6.07, 6.45) is 0.0289. The molecule has 0 aliphatic heterocycles. The minimum absolute atomic E-state index is 0.00362. The lowest BCUT2D eigenvalue weighted by molar-refractivity contribution is -0.121. The van der Waals surface area contributed by atoms with Crippen molar-refractivity contribution in [2.24, 2.45) is 0 Å². The first-order valence-corrected chi connectivity index (χ1v) is 10.5. The van der Waals surface area contributed by atoms with Crippen molar-refractivity contribution in [3.05, 3.63) is 59.1 Å². The number of nitrogens with one attached hydrogen (secondary N) is 2. The van der Waals surface area contributed by atoms with Crippen LogP contribution in [0.15, 0.2) is 53.4 Å². The van der Waals surface area contributed by atoms with Gasteiger partial charge in [-0.1, -0.05) is 23.7 Å². The summed E-state index contributed by atoms with van der Waals surface area (Å²) in [6, 6.07) is 13.1. The first kappa shape index (κ1) is 21.2. The van der Waals surface area contributed by atoms with Crippen LogP contribution in [-0.2, 0) is 14.8 Å². The zero-order valence-electron chi connectivity index (χ0n) is 15.2. The molecule has 8 heteroatoms. The number of carbonyl (C=O) groups excluding carboxylic acids is 1. The average Bonchev–Trinajstić information content (AvgIpc) is 2.62. The minimum atomic E-state index is -3.68. The molecule has 0 saturated carbocycles. The van der Waals surface area contributed by atoms with E-state index in [4.69, 9.17) is 16.3 Å². The molecule has 1 atom stereocenters. The maximum atomic E-state index is 12.3. The van der Waals surface area contributed by atoms with Crippen molar-refractivity contribution in [1.82, 2.24) is 10.0 Å². The van der Waals surface area contributed by atoms with E-state index in [0.717, 1.165) is 5.56 Å². The summed E-state index contributed by atoms with van der Waals surface area (Å²) < 4.78 is 32.3. The molecule has 2 aromatic carbocycles. The largest absolute Gasteiger partial charge is 0.494 e. The van der Waals surface area contributed by atoms with Crippen molar-refractivity contribution in [2.75, 3.05) is 13.2 Å². The number of hydrogen-bond donors (Lipinski definition) is 2. The third-order valence-corrected chi connectivity index (χ3v) is 5.53. The molecule has 0 fully saturated rings. The third kappa shape index (κ3) is 6.53. The molecule has 0 bridgehead atoms. The SMILES string of the molecule is CCOc1ccc(S(=O)(=O)NCCC(=O)N[C@H](C)c2cccc(Cl)c2)cc1. The van der Waals surface area contributed by atoms with Crippen molar-refractivity contribution < 1.29 is 17.9 Å². The van der Waals surface area contributed by atoms with Crippen LogP contribution in [-0.4, -0.2) is 27.5 Å². The van der Waals surface area contributed by atoms with Gasteiger partial charge in [0.05, 0.1) is 17.5 Å². The first-order valence-electron chi connectivity index (χ1n) is 8.59. The summed E-state index contributed by atoms with van der Waals surface area (Å²) >= 11 is 5.95. The number of amides is 1. The summed E-state index contributed by atoms with van der Waals surface area (Å²) in [5.74, 6) is 0.350. The quantitative estimate of drug-likeness (QED) is 0.664. The van der Waals surface area contributed by atoms with Crippen molar-refractivity contribution >= 4 is 27.5 Å². The van der Waals surface area contributed by atoms with Crippen LogP contribution in [0.3, 0.4) is 0 Å². The molecule has 6 nitrogen and oxygen atoms in total. The molecule has 0 aliphatic rings. The molecule has 0 radical (unpaired) electrons. The van der Waals surface area contributed by atoms with Crippen LogP contribution < -0.4 is 14.8 Å². The Morgan fingerprint density at radius 1 is 1.19 bits per heavy atom. The monoisotopic (exact) mass is 410 g/mol. The van der Waals surface area contributed by atoms with Gasteiger partial charge < -0.3 is 10.1 Å². The predicted molar refractivity (Wildman–Crippen MR) is 105 cm³/mol. The second-order valence-electron chi connectivity index (χ2n) is 5.90. The third-order valence-electron chi connectivity index (χ3n) is 3.82. The van der Waals surface area contributed by atoms with E-state index in [0.29, 0.717) is 17.4 Å². The van der Waals surface area contributed by atoms with Crippen LogP contribution in [0.25, 0.3) is 0 Å². The predicted octanol–water partition coefficient (Wildman–Crippen LogP) is 3.28. The van der Waals surface area contributed by atoms with Crippen LogP contribution in [0.1, 0.15) is 31.9 Å². The van der Waals surface area contributed by atoms with Crippen LogP contribution in [0.2, 0.25) is 5.02 Å². The van der Waals surface area contributed by atoms with Gasteiger partial charge in [0.2, 0.25) is 15.9 Å². The van der Waals surface area contributed by atoms with Crippen LogP contribution in [0, 0.1) is 0 Å². The van der Waals surface area contributed by atoms with Gasteiger partial charge in [-0.15, -0.1) is 0 Å². The van der Waals surface area contributed by atoms with Gasteiger partial charge in [-0.05, 0) is 55.8 Å². The average molecular weight is 411 g/mol. The van der Waals surface area contributed by atoms with E-state index < -0.39 is 10.0 Å². The summed E-state index contributed by atoms with van der Waals surface area (Å²) in [6.45, 7) is 4.20. The first-order chi connectivity index (χ1) is 12.8. The second kappa shape index (κ2) is 9.73. The lowest BCUT2D eigenvalue weighted by Gasteiger charge is -2.15. The molecule has 146 valence electrons. The molecule has 2 rings (SSSR count). The van der Waals surface area contributed by atoms with Crippen molar-refractivity contribution in [3.63, 3.8) is 0 Å². The zero-order chi connectivity index (χ0) is 19.9. The highest BCUT2D eigenvalue weighted by Gasteiger charge is 2.15. The van der Waals surface area contributed by atoms with Gasteiger partial charge >= 0.3 is 0 Å². The lowest BCUT2D eigenvalue weighted by atomic mass is 10.1. The van der Waals surface area contributed by atoms with E-state index in [9.17, 15) is 13.2 Å². The summed E-state index contributed by atoms with van der Waals surface area (Å²) in [5, 5.41) is 3.42. The molecule has 0 heterocycles. The molecule has 1 amide bonds. The van der Waals surface area contributed by atoms with E-state index in [1.807, 2.05) is 26.0 Å². The van der Waals surface area contributed by atoms with E-state index in [2.05, 4.69) is 10.0 Å². The summed E-state index contributed by atoms with van der Waals surface area (Å²) in [7, 11) is -3.68. The molecule has 0 unspecified atom stereocenters. The number of carbonyl (C=O) groups is 1. The van der Waals surface area contributed by atoms with Gasteiger partial charge in [0.1, 0.15) is 5.75 Å². The molecule has 2 aromatic rings. The lowest BCUT2D eigenvalue weighted by Crippen LogP contribution is -2.32. The zero-order valence-corrected chi connectivity index (χ0v) is 16.8. The van der Waals surface area contributed by atoms with Gasteiger partial charge in [-0.3, -0.25) is 4.79 Å². The number of ether oxygens (including phenoxy) is 1. The maximum absolute atomic E-state index is 12.3. The Labute approximate surface area is 164 Å². The molecule has 27 heavy (non-hydrogen) atoms. The van der Waals surface area contributed by atoms with E-state index in [-0.39, 0.29) is 29.8 Å². The molecular formula is C19H23ClN2O4S. The molecule has 0 saturated heterocycles. The van der Waals surface area contributed by atoms with Gasteiger partial charge in [-0.25, -0.2) is 13.1 Å². The fourth-order valence-corrected chi connectivity index (χ4v) is 3.67. The highest BCUT2D eigenvalue weighted by atomic mass is 35.5. The van der Waals surface area contributed by atoms with E-state index >= 15 is 0 Å². The molecule has 0 spiro atoms. The molecule has 0 aliphatic carbocycles. The van der Waals surface area contributed by atoms with E-state index in [1.165, 1.54) is 12.1 Å². The Hall–Kier alpha value is -2.09. The minimum Gasteiger partial charge on any atom is -0.494 e. The summed E-state index contributed by atoms with van der Waals surface area (Å²) in [5.41, 5.74) is 0.880.